The summed E-state index contributed by atoms with van der Waals surface area (Å²) >= 11 is 0. The standard InChI is InChI=1S/C13H18O3/c1-13(10-14)12(16-13)7-8-15-9-11-5-3-2-4-6-11/h2-6,12,14H,7-10H2,1H3. The average Bonchev–Trinajstić information content (AvgIpc) is 2.98. The SMILES string of the molecule is CC1(CO)OC1CCOCc1ccccc1. The van der Waals surface area contributed by atoms with Crippen LogP contribution in [0.3, 0.4) is 0 Å². The minimum absolute atomic E-state index is 0.0936. The molecule has 3 nitrogen and oxygen atoms in total. The lowest BCUT2D eigenvalue weighted by molar-refractivity contribution is 0.113. The van der Waals surface area contributed by atoms with Crippen LogP contribution in [-0.4, -0.2) is 30.0 Å². The quantitative estimate of drug-likeness (QED) is 0.589. The molecule has 1 aliphatic rings. The van der Waals surface area contributed by atoms with Crippen molar-refractivity contribution in [2.75, 3.05) is 13.2 Å². The zero-order valence-corrected chi connectivity index (χ0v) is 9.56. The first-order valence-corrected chi connectivity index (χ1v) is 5.65. The van der Waals surface area contributed by atoms with Crippen molar-refractivity contribution in [2.45, 2.75) is 31.7 Å². The Labute approximate surface area is 96.0 Å². The van der Waals surface area contributed by atoms with Crippen LogP contribution in [0.2, 0.25) is 0 Å². The molecule has 1 heterocycles. The van der Waals surface area contributed by atoms with E-state index in [1.54, 1.807) is 0 Å². The third-order valence-corrected chi connectivity index (χ3v) is 2.99. The van der Waals surface area contributed by atoms with E-state index in [2.05, 4.69) is 0 Å². The first kappa shape index (κ1) is 11.6. The lowest BCUT2D eigenvalue weighted by Gasteiger charge is -2.04. The maximum atomic E-state index is 9.00. The summed E-state index contributed by atoms with van der Waals surface area (Å²) in [6.07, 6.45) is 1.01. The van der Waals surface area contributed by atoms with Crippen molar-refractivity contribution in [3.63, 3.8) is 0 Å². The highest BCUT2D eigenvalue weighted by Crippen LogP contribution is 2.37. The number of benzene rings is 1. The molecule has 0 saturated carbocycles. The van der Waals surface area contributed by atoms with Crippen molar-refractivity contribution in [1.82, 2.24) is 0 Å². The molecule has 1 saturated heterocycles. The van der Waals surface area contributed by atoms with Gasteiger partial charge in [0.1, 0.15) is 5.60 Å². The van der Waals surface area contributed by atoms with Crippen molar-refractivity contribution in [3.05, 3.63) is 35.9 Å². The van der Waals surface area contributed by atoms with E-state index in [4.69, 9.17) is 14.6 Å². The highest BCUT2D eigenvalue weighted by molar-refractivity contribution is 5.13. The molecule has 0 aromatic heterocycles. The summed E-state index contributed by atoms with van der Waals surface area (Å²) in [6.45, 7) is 3.34. The van der Waals surface area contributed by atoms with Crippen LogP contribution in [0.25, 0.3) is 0 Å². The summed E-state index contributed by atoms with van der Waals surface area (Å²) in [4.78, 5) is 0. The summed E-state index contributed by atoms with van der Waals surface area (Å²) in [5.74, 6) is 0. The Bertz CT molecular complexity index is 325. The molecule has 0 bridgehead atoms. The number of hydrogen-bond donors (Lipinski definition) is 1. The molecular weight excluding hydrogens is 204 g/mol. The van der Waals surface area contributed by atoms with Gasteiger partial charge in [-0.15, -0.1) is 0 Å². The normalized spacial score (nSPS) is 28.0. The van der Waals surface area contributed by atoms with E-state index in [0.717, 1.165) is 6.42 Å². The van der Waals surface area contributed by atoms with Gasteiger partial charge < -0.3 is 14.6 Å². The highest BCUT2D eigenvalue weighted by atomic mass is 16.6. The zero-order valence-electron chi connectivity index (χ0n) is 9.56. The van der Waals surface area contributed by atoms with E-state index in [1.165, 1.54) is 5.56 Å². The van der Waals surface area contributed by atoms with E-state index in [9.17, 15) is 0 Å². The van der Waals surface area contributed by atoms with Crippen molar-refractivity contribution in [3.8, 4) is 0 Å². The lowest BCUT2D eigenvalue weighted by atomic mass is 10.1. The van der Waals surface area contributed by atoms with E-state index in [0.29, 0.717) is 13.2 Å². The van der Waals surface area contributed by atoms with Crippen LogP contribution in [0.15, 0.2) is 30.3 Å². The number of aliphatic hydroxyl groups is 1. The molecule has 0 spiro atoms. The number of aliphatic hydroxyl groups excluding tert-OH is 1. The Morgan fingerprint density at radius 3 is 2.75 bits per heavy atom. The fourth-order valence-corrected chi connectivity index (χ4v) is 1.75. The highest BCUT2D eigenvalue weighted by Gasteiger charge is 2.51. The van der Waals surface area contributed by atoms with Gasteiger partial charge in [-0.05, 0) is 18.9 Å². The summed E-state index contributed by atoms with van der Waals surface area (Å²) in [5.41, 5.74) is 0.875. The first-order chi connectivity index (χ1) is 7.74. The molecule has 0 aliphatic carbocycles. The van der Waals surface area contributed by atoms with E-state index in [1.807, 2.05) is 37.3 Å². The number of rotatable bonds is 6. The predicted molar refractivity (Wildman–Crippen MR) is 61.1 cm³/mol. The van der Waals surface area contributed by atoms with Gasteiger partial charge in [0, 0.05) is 6.61 Å². The topological polar surface area (TPSA) is 42.0 Å². The van der Waals surface area contributed by atoms with Gasteiger partial charge in [-0.2, -0.15) is 0 Å². The minimum atomic E-state index is -0.309. The van der Waals surface area contributed by atoms with Gasteiger partial charge in [-0.3, -0.25) is 0 Å². The molecule has 16 heavy (non-hydrogen) atoms. The third kappa shape index (κ3) is 2.82. The van der Waals surface area contributed by atoms with Gasteiger partial charge in [0.15, 0.2) is 0 Å². The average molecular weight is 222 g/mol. The van der Waals surface area contributed by atoms with Crippen LogP contribution < -0.4 is 0 Å². The second-order valence-corrected chi connectivity index (χ2v) is 4.40. The Hall–Kier alpha value is -0.900. The van der Waals surface area contributed by atoms with Crippen LogP contribution >= 0.6 is 0 Å². The Balaban J connectivity index is 1.60. The smallest absolute Gasteiger partial charge is 0.115 e. The molecule has 1 fully saturated rings. The van der Waals surface area contributed by atoms with Gasteiger partial charge in [-0.25, -0.2) is 0 Å². The van der Waals surface area contributed by atoms with Crippen LogP contribution in [0.1, 0.15) is 18.9 Å². The first-order valence-electron chi connectivity index (χ1n) is 5.65. The second kappa shape index (κ2) is 4.95. The summed E-state index contributed by atoms with van der Waals surface area (Å²) < 4.78 is 10.9. The van der Waals surface area contributed by atoms with Gasteiger partial charge >= 0.3 is 0 Å². The minimum Gasteiger partial charge on any atom is -0.393 e. The molecule has 0 radical (unpaired) electrons. The monoisotopic (exact) mass is 222 g/mol. The molecule has 88 valence electrons. The van der Waals surface area contributed by atoms with E-state index >= 15 is 0 Å². The molecule has 1 aliphatic heterocycles. The Morgan fingerprint density at radius 2 is 2.12 bits per heavy atom. The molecule has 1 aromatic rings. The molecule has 1 N–H and O–H groups in total. The number of ether oxygens (including phenoxy) is 2. The van der Waals surface area contributed by atoms with Crippen molar-refractivity contribution in [2.24, 2.45) is 0 Å². The van der Waals surface area contributed by atoms with Crippen LogP contribution in [0.4, 0.5) is 0 Å². The third-order valence-electron chi connectivity index (χ3n) is 2.99. The molecule has 2 unspecified atom stereocenters. The lowest BCUT2D eigenvalue weighted by Crippen LogP contribution is -2.16. The van der Waals surface area contributed by atoms with Gasteiger partial charge in [0.05, 0.1) is 19.3 Å². The summed E-state index contributed by atoms with van der Waals surface area (Å²) in [7, 11) is 0. The number of epoxide rings is 1. The largest absolute Gasteiger partial charge is 0.393 e. The fraction of sp³-hybridized carbons (Fsp3) is 0.538. The van der Waals surface area contributed by atoms with Crippen molar-refractivity contribution < 1.29 is 14.6 Å². The van der Waals surface area contributed by atoms with E-state index < -0.39 is 0 Å². The van der Waals surface area contributed by atoms with Crippen LogP contribution in [-0.2, 0) is 16.1 Å². The summed E-state index contributed by atoms with van der Waals surface area (Å²) in [5, 5.41) is 9.00. The van der Waals surface area contributed by atoms with Crippen molar-refractivity contribution in [1.29, 1.82) is 0 Å². The van der Waals surface area contributed by atoms with Crippen LogP contribution in [0, 0.1) is 0 Å². The van der Waals surface area contributed by atoms with Gasteiger partial charge in [-0.1, -0.05) is 30.3 Å². The maximum Gasteiger partial charge on any atom is 0.115 e. The predicted octanol–water partition coefficient (Wildman–Crippen LogP) is 1.74. The second-order valence-electron chi connectivity index (χ2n) is 4.40. The Morgan fingerprint density at radius 1 is 1.38 bits per heavy atom. The molecule has 3 heteroatoms. The Kier molecular flexibility index (Phi) is 3.59. The van der Waals surface area contributed by atoms with Gasteiger partial charge in [0.2, 0.25) is 0 Å². The fourth-order valence-electron chi connectivity index (χ4n) is 1.75. The zero-order chi connectivity index (χ0) is 11.4. The van der Waals surface area contributed by atoms with E-state index in [-0.39, 0.29) is 18.3 Å². The molecule has 0 amide bonds. The van der Waals surface area contributed by atoms with Gasteiger partial charge in [0.25, 0.3) is 0 Å². The molecular formula is C13H18O3. The van der Waals surface area contributed by atoms with Crippen molar-refractivity contribution >= 4 is 0 Å². The molecule has 2 rings (SSSR count). The molecule has 1 aromatic carbocycles. The van der Waals surface area contributed by atoms with Crippen LogP contribution in [0.5, 0.6) is 0 Å². The summed E-state index contributed by atoms with van der Waals surface area (Å²) in [6, 6.07) is 10.1. The number of hydrogen-bond acceptors (Lipinski definition) is 3. The maximum absolute atomic E-state index is 9.00. The molecule has 2 atom stereocenters.